The van der Waals surface area contributed by atoms with Gasteiger partial charge >= 0.3 is 0 Å². The van der Waals surface area contributed by atoms with E-state index < -0.39 is 0 Å². The number of ketones is 1. The zero-order valence-corrected chi connectivity index (χ0v) is 10.4. The Morgan fingerprint density at radius 3 is 2.53 bits per heavy atom. The normalized spacial score (nSPS) is 10.5. The lowest BCUT2D eigenvalue weighted by molar-refractivity contribution is 0.101. The van der Waals surface area contributed by atoms with Crippen molar-refractivity contribution in [3.8, 4) is 0 Å². The first-order valence-electron chi connectivity index (χ1n) is 5.82. The molecule has 0 aliphatic heterocycles. The Balaban J connectivity index is 2.36. The van der Waals surface area contributed by atoms with Crippen LogP contribution in [0.25, 0.3) is 0 Å². The summed E-state index contributed by atoms with van der Waals surface area (Å²) in [5, 5.41) is 0. The molecule has 0 fully saturated rings. The molecular weight excluding hydrogens is 212 g/mol. The minimum Gasteiger partial charge on any atom is -0.458 e. The minimum absolute atomic E-state index is 0.0396. The number of hydrogen-bond acceptors (Lipinski definition) is 2. The van der Waals surface area contributed by atoms with Crippen molar-refractivity contribution in [1.82, 2.24) is 0 Å². The Hall–Kier alpha value is -1.83. The number of benzene rings is 1. The Labute approximate surface area is 101 Å². The Kier molecular flexibility index (Phi) is 3.14. The fourth-order valence-electron chi connectivity index (χ4n) is 1.89. The lowest BCUT2D eigenvalue weighted by atomic mass is 10.0. The van der Waals surface area contributed by atoms with E-state index in [1.54, 1.807) is 6.07 Å². The summed E-state index contributed by atoms with van der Waals surface area (Å²) in [6.45, 7) is 5.97. The van der Waals surface area contributed by atoms with Crippen molar-refractivity contribution < 1.29 is 9.21 Å². The molecular formula is C15H16O2. The topological polar surface area (TPSA) is 30.2 Å². The van der Waals surface area contributed by atoms with Crippen LogP contribution >= 0.6 is 0 Å². The van der Waals surface area contributed by atoms with Gasteiger partial charge in [0, 0.05) is 12.0 Å². The fraction of sp³-hybridized carbons (Fsp3) is 0.267. The van der Waals surface area contributed by atoms with Crippen LogP contribution in [-0.2, 0) is 6.42 Å². The van der Waals surface area contributed by atoms with E-state index >= 15 is 0 Å². The molecule has 0 saturated carbocycles. The molecule has 0 bridgehead atoms. The van der Waals surface area contributed by atoms with Gasteiger partial charge in [-0.25, -0.2) is 0 Å². The fourth-order valence-corrected chi connectivity index (χ4v) is 1.89. The van der Waals surface area contributed by atoms with Gasteiger partial charge in [-0.15, -0.1) is 0 Å². The average Bonchev–Trinajstić information content (AvgIpc) is 2.76. The molecule has 1 aromatic heterocycles. The summed E-state index contributed by atoms with van der Waals surface area (Å²) < 4.78 is 5.48. The number of rotatable bonds is 3. The van der Waals surface area contributed by atoms with Crippen LogP contribution in [0.5, 0.6) is 0 Å². The second kappa shape index (κ2) is 4.58. The predicted octanol–water partition coefficient (Wildman–Crippen LogP) is 3.69. The third-order valence-corrected chi connectivity index (χ3v) is 2.86. The second-order valence-corrected chi connectivity index (χ2v) is 4.27. The van der Waals surface area contributed by atoms with E-state index in [0.29, 0.717) is 11.3 Å². The summed E-state index contributed by atoms with van der Waals surface area (Å²) >= 11 is 0. The quantitative estimate of drug-likeness (QED) is 0.750. The lowest BCUT2D eigenvalue weighted by Gasteiger charge is -2.03. The number of carbonyl (C=O) groups is 1. The molecule has 0 aliphatic carbocycles. The van der Waals surface area contributed by atoms with Crippen LogP contribution in [-0.4, -0.2) is 5.78 Å². The van der Waals surface area contributed by atoms with Gasteiger partial charge in [0.15, 0.2) is 5.76 Å². The lowest BCUT2D eigenvalue weighted by Crippen LogP contribution is -2.02. The second-order valence-electron chi connectivity index (χ2n) is 4.27. The summed E-state index contributed by atoms with van der Waals surface area (Å²) in [6, 6.07) is 9.43. The monoisotopic (exact) mass is 228 g/mol. The molecule has 0 N–H and O–H groups in total. The smallest absolute Gasteiger partial charge is 0.228 e. The first kappa shape index (κ1) is 11.6. The first-order valence-corrected chi connectivity index (χ1v) is 5.82. The van der Waals surface area contributed by atoms with Gasteiger partial charge in [-0.2, -0.15) is 0 Å². The van der Waals surface area contributed by atoms with Gasteiger partial charge < -0.3 is 4.42 Å². The molecule has 1 heterocycles. The van der Waals surface area contributed by atoms with E-state index in [1.807, 2.05) is 45.0 Å². The van der Waals surface area contributed by atoms with Gasteiger partial charge in [-0.05, 0) is 31.5 Å². The molecule has 0 atom stereocenters. The van der Waals surface area contributed by atoms with Gasteiger partial charge in [0.05, 0.1) is 0 Å². The van der Waals surface area contributed by atoms with Crippen LogP contribution in [0.1, 0.15) is 39.9 Å². The van der Waals surface area contributed by atoms with E-state index in [-0.39, 0.29) is 5.78 Å². The van der Waals surface area contributed by atoms with Crippen LogP contribution in [0, 0.1) is 13.8 Å². The Bertz CT molecular complexity index is 550. The van der Waals surface area contributed by atoms with E-state index in [9.17, 15) is 4.79 Å². The predicted molar refractivity (Wildman–Crippen MR) is 67.4 cm³/mol. The van der Waals surface area contributed by atoms with E-state index in [0.717, 1.165) is 23.3 Å². The molecule has 1 aromatic carbocycles. The molecule has 0 aliphatic rings. The molecule has 2 rings (SSSR count). The maximum absolute atomic E-state index is 12.2. The van der Waals surface area contributed by atoms with Crippen LogP contribution < -0.4 is 0 Å². The molecule has 2 nitrogen and oxygen atoms in total. The maximum atomic E-state index is 12.2. The standard InChI is InChI=1S/C15H16O2/c1-4-12-6-8-14(17-12)15(16)13-7-5-10(2)9-11(13)3/h5-9H,4H2,1-3H3. The summed E-state index contributed by atoms with van der Waals surface area (Å²) in [4.78, 5) is 12.2. The molecule has 0 amide bonds. The summed E-state index contributed by atoms with van der Waals surface area (Å²) in [7, 11) is 0. The average molecular weight is 228 g/mol. The minimum atomic E-state index is -0.0396. The summed E-state index contributed by atoms with van der Waals surface area (Å²) in [5.41, 5.74) is 2.87. The van der Waals surface area contributed by atoms with E-state index in [1.165, 1.54) is 0 Å². The number of furan rings is 1. The number of carbonyl (C=O) groups excluding carboxylic acids is 1. The van der Waals surface area contributed by atoms with Crippen molar-refractivity contribution in [3.63, 3.8) is 0 Å². The maximum Gasteiger partial charge on any atom is 0.228 e. The van der Waals surface area contributed by atoms with Crippen molar-refractivity contribution in [3.05, 3.63) is 58.5 Å². The largest absolute Gasteiger partial charge is 0.458 e. The third kappa shape index (κ3) is 2.31. The van der Waals surface area contributed by atoms with Crippen LogP contribution in [0.15, 0.2) is 34.7 Å². The highest BCUT2D eigenvalue weighted by atomic mass is 16.3. The van der Waals surface area contributed by atoms with Gasteiger partial charge in [0.1, 0.15) is 5.76 Å². The number of hydrogen-bond donors (Lipinski definition) is 0. The first-order chi connectivity index (χ1) is 8.11. The van der Waals surface area contributed by atoms with Crippen molar-refractivity contribution in [2.45, 2.75) is 27.2 Å². The van der Waals surface area contributed by atoms with Gasteiger partial charge in [0.25, 0.3) is 0 Å². The zero-order chi connectivity index (χ0) is 12.4. The van der Waals surface area contributed by atoms with Crippen molar-refractivity contribution in [1.29, 1.82) is 0 Å². The van der Waals surface area contributed by atoms with Crippen molar-refractivity contribution >= 4 is 5.78 Å². The molecule has 0 saturated heterocycles. The summed E-state index contributed by atoms with van der Waals surface area (Å²) in [5.74, 6) is 1.23. The number of aryl methyl sites for hydroxylation is 3. The molecule has 17 heavy (non-hydrogen) atoms. The molecule has 0 unspecified atom stereocenters. The Morgan fingerprint density at radius 2 is 1.94 bits per heavy atom. The van der Waals surface area contributed by atoms with Gasteiger partial charge in [-0.3, -0.25) is 4.79 Å². The molecule has 88 valence electrons. The highest BCUT2D eigenvalue weighted by Crippen LogP contribution is 2.17. The van der Waals surface area contributed by atoms with Crippen LogP contribution in [0.3, 0.4) is 0 Å². The third-order valence-electron chi connectivity index (χ3n) is 2.86. The Morgan fingerprint density at radius 1 is 1.18 bits per heavy atom. The van der Waals surface area contributed by atoms with Crippen molar-refractivity contribution in [2.24, 2.45) is 0 Å². The van der Waals surface area contributed by atoms with Crippen LogP contribution in [0.2, 0.25) is 0 Å². The molecule has 2 heteroatoms. The molecule has 0 radical (unpaired) electrons. The zero-order valence-electron chi connectivity index (χ0n) is 10.4. The van der Waals surface area contributed by atoms with Gasteiger partial charge in [-0.1, -0.05) is 30.7 Å². The van der Waals surface area contributed by atoms with E-state index in [2.05, 4.69) is 0 Å². The molecule has 0 spiro atoms. The SMILES string of the molecule is CCc1ccc(C(=O)c2ccc(C)cc2C)o1. The molecule has 2 aromatic rings. The highest BCUT2D eigenvalue weighted by Gasteiger charge is 2.15. The van der Waals surface area contributed by atoms with Gasteiger partial charge in [0.2, 0.25) is 5.78 Å². The van der Waals surface area contributed by atoms with Crippen LogP contribution in [0.4, 0.5) is 0 Å². The highest BCUT2D eigenvalue weighted by molar-refractivity contribution is 6.08. The van der Waals surface area contributed by atoms with E-state index in [4.69, 9.17) is 4.42 Å². The van der Waals surface area contributed by atoms with Crippen molar-refractivity contribution in [2.75, 3.05) is 0 Å². The summed E-state index contributed by atoms with van der Waals surface area (Å²) in [6.07, 6.45) is 0.806.